The van der Waals surface area contributed by atoms with Gasteiger partial charge in [-0.1, -0.05) is 0 Å². The maximum atomic E-state index is 11.8. The Bertz CT molecular complexity index is 507. The minimum atomic E-state index is -0.504. The minimum Gasteiger partial charge on any atom is -0.479 e. The maximum absolute atomic E-state index is 11.8. The Labute approximate surface area is 97.7 Å². The van der Waals surface area contributed by atoms with Crippen LogP contribution in [0.15, 0.2) is 18.2 Å². The van der Waals surface area contributed by atoms with Crippen LogP contribution in [-0.2, 0) is 9.53 Å². The number of hydrogen-bond acceptors (Lipinski definition) is 4. The van der Waals surface area contributed by atoms with E-state index >= 15 is 0 Å². The third-order valence-electron chi connectivity index (χ3n) is 2.82. The monoisotopic (exact) mass is 233 g/mol. The molecule has 5 heteroatoms. The van der Waals surface area contributed by atoms with E-state index in [1.165, 1.54) is 0 Å². The van der Waals surface area contributed by atoms with Gasteiger partial charge < -0.3 is 14.8 Å². The molecule has 1 saturated heterocycles. The highest BCUT2D eigenvalue weighted by Gasteiger charge is 2.33. The van der Waals surface area contributed by atoms with Crippen molar-refractivity contribution < 1.29 is 19.1 Å². The Kier molecular flexibility index (Phi) is 2.16. The zero-order valence-electron chi connectivity index (χ0n) is 9.23. The highest BCUT2D eigenvalue weighted by Crippen LogP contribution is 2.31. The predicted octanol–water partition coefficient (Wildman–Crippen LogP) is 0.987. The quantitative estimate of drug-likeness (QED) is 0.611. The van der Waals surface area contributed by atoms with E-state index in [1.54, 1.807) is 25.1 Å². The van der Waals surface area contributed by atoms with Gasteiger partial charge in [-0.05, 0) is 25.1 Å². The van der Waals surface area contributed by atoms with Gasteiger partial charge in [0.05, 0.1) is 12.3 Å². The summed E-state index contributed by atoms with van der Waals surface area (Å²) in [5.74, 6) is 0.329. The lowest BCUT2D eigenvalue weighted by Crippen LogP contribution is -2.34. The molecule has 2 aliphatic rings. The van der Waals surface area contributed by atoms with Crippen molar-refractivity contribution in [1.29, 1.82) is 0 Å². The Balaban J connectivity index is 1.93. The number of Topliss-reactive ketones (excluding diaryl/α,β-unsaturated/α-hetero) is 1. The summed E-state index contributed by atoms with van der Waals surface area (Å²) in [7, 11) is 0. The predicted molar refractivity (Wildman–Crippen MR) is 59.2 cm³/mol. The number of ketones is 1. The first-order valence-corrected chi connectivity index (χ1v) is 5.42. The Morgan fingerprint density at radius 1 is 1.47 bits per heavy atom. The second-order valence-electron chi connectivity index (χ2n) is 4.15. The van der Waals surface area contributed by atoms with Gasteiger partial charge in [-0.25, -0.2) is 0 Å². The molecule has 1 amide bonds. The Morgan fingerprint density at radius 3 is 2.94 bits per heavy atom. The summed E-state index contributed by atoms with van der Waals surface area (Å²) in [6.07, 6.45) is -0.817. The van der Waals surface area contributed by atoms with E-state index < -0.39 is 6.10 Å². The van der Waals surface area contributed by atoms with E-state index in [0.717, 1.165) is 0 Å². The SMILES string of the molecule is CC1Oc2ccc(C(=O)C3CO3)cc2NC1=O. The first kappa shape index (κ1) is 10.3. The molecule has 0 radical (unpaired) electrons. The van der Waals surface area contributed by atoms with Gasteiger partial charge in [0.2, 0.25) is 0 Å². The molecule has 0 spiro atoms. The van der Waals surface area contributed by atoms with Crippen LogP contribution in [0.25, 0.3) is 0 Å². The number of carbonyl (C=O) groups excluding carboxylic acids is 2. The first-order chi connectivity index (χ1) is 8.15. The fraction of sp³-hybridized carbons (Fsp3) is 0.333. The number of fused-ring (bicyclic) bond motifs is 1. The largest absolute Gasteiger partial charge is 0.479 e. The average Bonchev–Trinajstić information content (AvgIpc) is 3.13. The molecule has 1 fully saturated rings. The van der Waals surface area contributed by atoms with E-state index in [2.05, 4.69) is 5.32 Å². The van der Waals surface area contributed by atoms with Crippen molar-refractivity contribution in [3.05, 3.63) is 23.8 Å². The Morgan fingerprint density at radius 2 is 2.24 bits per heavy atom. The van der Waals surface area contributed by atoms with Crippen molar-refractivity contribution in [2.75, 3.05) is 11.9 Å². The molecule has 2 aliphatic heterocycles. The minimum absolute atomic E-state index is 0.0549. The lowest BCUT2D eigenvalue weighted by atomic mass is 10.1. The van der Waals surface area contributed by atoms with Crippen LogP contribution < -0.4 is 10.1 Å². The number of ether oxygens (including phenoxy) is 2. The highest BCUT2D eigenvalue weighted by atomic mass is 16.6. The van der Waals surface area contributed by atoms with Crippen molar-refractivity contribution in [3.63, 3.8) is 0 Å². The Hall–Kier alpha value is -1.88. The van der Waals surface area contributed by atoms with Gasteiger partial charge in [0.1, 0.15) is 11.9 Å². The second-order valence-corrected chi connectivity index (χ2v) is 4.15. The molecular formula is C12H11NO4. The maximum Gasteiger partial charge on any atom is 0.265 e. The van der Waals surface area contributed by atoms with E-state index in [4.69, 9.17) is 9.47 Å². The molecule has 1 N–H and O–H groups in total. The molecule has 88 valence electrons. The van der Waals surface area contributed by atoms with Gasteiger partial charge in [-0.2, -0.15) is 0 Å². The number of rotatable bonds is 2. The molecule has 5 nitrogen and oxygen atoms in total. The molecule has 0 saturated carbocycles. The van der Waals surface area contributed by atoms with Crippen molar-refractivity contribution >= 4 is 17.4 Å². The van der Waals surface area contributed by atoms with Crippen LogP contribution in [0, 0.1) is 0 Å². The first-order valence-electron chi connectivity index (χ1n) is 5.42. The number of hydrogen-bond donors (Lipinski definition) is 1. The zero-order chi connectivity index (χ0) is 12.0. The van der Waals surface area contributed by atoms with Crippen molar-refractivity contribution in [1.82, 2.24) is 0 Å². The normalized spacial score (nSPS) is 25.6. The van der Waals surface area contributed by atoms with Crippen LogP contribution in [-0.4, -0.2) is 30.5 Å². The summed E-state index contributed by atoms with van der Waals surface area (Å²) in [6.45, 7) is 2.16. The summed E-state index contributed by atoms with van der Waals surface area (Å²) in [5.41, 5.74) is 1.07. The molecule has 17 heavy (non-hydrogen) atoms. The van der Waals surface area contributed by atoms with Crippen molar-refractivity contribution in [3.8, 4) is 5.75 Å². The third kappa shape index (κ3) is 1.78. The fourth-order valence-corrected chi connectivity index (χ4v) is 1.75. The van der Waals surface area contributed by atoms with Gasteiger partial charge in [-0.15, -0.1) is 0 Å². The van der Waals surface area contributed by atoms with Crippen LogP contribution in [0.2, 0.25) is 0 Å². The molecule has 0 bridgehead atoms. The molecular weight excluding hydrogens is 222 g/mol. The molecule has 0 aliphatic carbocycles. The average molecular weight is 233 g/mol. The van der Waals surface area contributed by atoms with E-state index in [0.29, 0.717) is 23.6 Å². The van der Waals surface area contributed by atoms with Gasteiger partial charge in [0.15, 0.2) is 11.9 Å². The molecule has 1 aromatic carbocycles. The summed E-state index contributed by atoms with van der Waals surface area (Å²) < 4.78 is 10.3. The lowest BCUT2D eigenvalue weighted by Gasteiger charge is -2.23. The van der Waals surface area contributed by atoms with E-state index in [9.17, 15) is 9.59 Å². The standard InChI is InChI=1S/C12H11NO4/c1-6-12(15)13-8-4-7(2-3-9(8)17-6)11(14)10-5-16-10/h2-4,6,10H,5H2,1H3,(H,13,15). The topological polar surface area (TPSA) is 67.9 Å². The molecule has 2 atom stereocenters. The van der Waals surface area contributed by atoms with Crippen LogP contribution in [0.1, 0.15) is 17.3 Å². The van der Waals surface area contributed by atoms with Gasteiger partial charge in [0, 0.05) is 5.56 Å². The number of epoxide rings is 1. The number of benzene rings is 1. The van der Waals surface area contributed by atoms with Gasteiger partial charge in [0.25, 0.3) is 5.91 Å². The zero-order valence-corrected chi connectivity index (χ0v) is 9.23. The molecule has 2 heterocycles. The molecule has 3 rings (SSSR count). The number of nitrogens with one attached hydrogen (secondary N) is 1. The van der Waals surface area contributed by atoms with Crippen LogP contribution in [0.5, 0.6) is 5.75 Å². The lowest BCUT2D eigenvalue weighted by molar-refractivity contribution is -0.122. The number of amides is 1. The van der Waals surface area contributed by atoms with Crippen LogP contribution >= 0.6 is 0 Å². The number of carbonyl (C=O) groups is 2. The molecule has 2 unspecified atom stereocenters. The van der Waals surface area contributed by atoms with Crippen LogP contribution in [0.3, 0.4) is 0 Å². The molecule has 1 aromatic rings. The third-order valence-corrected chi connectivity index (χ3v) is 2.82. The highest BCUT2D eigenvalue weighted by molar-refractivity contribution is 6.04. The summed E-state index contributed by atoms with van der Waals surface area (Å²) >= 11 is 0. The van der Waals surface area contributed by atoms with E-state index in [-0.39, 0.29) is 17.8 Å². The van der Waals surface area contributed by atoms with Gasteiger partial charge in [-0.3, -0.25) is 9.59 Å². The molecule has 0 aromatic heterocycles. The van der Waals surface area contributed by atoms with Crippen molar-refractivity contribution in [2.45, 2.75) is 19.1 Å². The smallest absolute Gasteiger partial charge is 0.265 e. The summed E-state index contributed by atoms with van der Waals surface area (Å²) in [4.78, 5) is 23.2. The van der Waals surface area contributed by atoms with Crippen LogP contribution in [0.4, 0.5) is 5.69 Å². The van der Waals surface area contributed by atoms with E-state index in [1.807, 2.05) is 0 Å². The van der Waals surface area contributed by atoms with Crippen molar-refractivity contribution in [2.24, 2.45) is 0 Å². The number of anilines is 1. The summed E-state index contributed by atoms with van der Waals surface area (Å²) in [5, 5.41) is 2.71. The second kappa shape index (κ2) is 3.56. The fourth-order valence-electron chi connectivity index (χ4n) is 1.75. The van der Waals surface area contributed by atoms with Gasteiger partial charge >= 0.3 is 0 Å². The summed E-state index contributed by atoms with van der Waals surface area (Å²) in [6, 6.07) is 5.01.